The van der Waals surface area contributed by atoms with Gasteiger partial charge in [0, 0.05) is 30.9 Å². The molecular weight excluding hydrogens is 342 g/mol. The van der Waals surface area contributed by atoms with Gasteiger partial charge < -0.3 is 15.3 Å². The number of thiazole rings is 1. The lowest BCUT2D eigenvalue weighted by Gasteiger charge is -2.26. The van der Waals surface area contributed by atoms with E-state index in [-0.39, 0.29) is 29.3 Å². The summed E-state index contributed by atoms with van der Waals surface area (Å²) in [6.45, 7) is 2.57. The molecule has 0 bridgehead atoms. The molecule has 8 nitrogen and oxygen atoms in total. The van der Waals surface area contributed by atoms with E-state index in [0.29, 0.717) is 30.9 Å². The third kappa shape index (κ3) is 4.64. The second-order valence-electron chi connectivity index (χ2n) is 5.26. The Morgan fingerprint density at radius 2 is 2.26 bits per heavy atom. The van der Waals surface area contributed by atoms with E-state index in [1.54, 1.807) is 0 Å². The Morgan fingerprint density at radius 1 is 1.52 bits per heavy atom. The monoisotopic (exact) mass is 361 g/mol. The normalized spacial score (nSPS) is 19.4. The molecule has 1 aromatic heterocycles. The predicted molar refractivity (Wildman–Crippen MR) is 85.6 cm³/mol. The first-order valence-corrected chi connectivity index (χ1v) is 9.95. The molecule has 2 heterocycles. The third-order valence-electron chi connectivity index (χ3n) is 3.64. The van der Waals surface area contributed by atoms with E-state index in [0.717, 1.165) is 0 Å². The van der Waals surface area contributed by atoms with Crippen LogP contribution < -0.4 is 5.32 Å². The molecule has 2 rings (SSSR count). The number of nitrogens with one attached hydrogen (secondary N) is 1. The fourth-order valence-electron chi connectivity index (χ4n) is 2.49. The van der Waals surface area contributed by atoms with Crippen LogP contribution in [0.4, 0.5) is 4.79 Å². The average Bonchev–Trinajstić information content (AvgIpc) is 3.07. The van der Waals surface area contributed by atoms with Crippen molar-refractivity contribution >= 4 is 33.2 Å². The lowest BCUT2D eigenvalue weighted by molar-refractivity contribution is 0.0691. The van der Waals surface area contributed by atoms with E-state index in [2.05, 4.69) is 10.3 Å². The van der Waals surface area contributed by atoms with Crippen molar-refractivity contribution in [3.63, 3.8) is 0 Å². The highest BCUT2D eigenvalue weighted by Crippen LogP contribution is 2.17. The van der Waals surface area contributed by atoms with E-state index in [4.69, 9.17) is 5.11 Å². The number of carboxylic acids is 1. The lowest BCUT2D eigenvalue weighted by Crippen LogP contribution is -2.47. The second kappa shape index (κ2) is 7.26. The van der Waals surface area contributed by atoms with Crippen LogP contribution in [0.1, 0.15) is 28.8 Å². The summed E-state index contributed by atoms with van der Waals surface area (Å²) in [5, 5.41) is 13.6. The summed E-state index contributed by atoms with van der Waals surface area (Å²) in [5.41, 5.74) is 0.00248. The number of aromatic nitrogens is 1. The Balaban J connectivity index is 1.84. The number of nitrogens with zero attached hydrogens (tertiary/aromatic N) is 2. The number of urea groups is 1. The van der Waals surface area contributed by atoms with Crippen LogP contribution >= 0.6 is 11.3 Å². The van der Waals surface area contributed by atoms with Crippen molar-refractivity contribution in [1.82, 2.24) is 15.2 Å². The van der Waals surface area contributed by atoms with Crippen molar-refractivity contribution in [2.24, 2.45) is 0 Å². The Kier molecular flexibility index (Phi) is 5.58. The summed E-state index contributed by atoms with van der Waals surface area (Å²) in [7, 11) is -3.04. The van der Waals surface area contributed by atoms with Gasteiger partial charge in [-0.3, -0.25) is 0 Å². The van der Waals surface area contributed by atoms with Gasteiger partial charge in [-0.25, -0.2) is 23.0 Å². The molecule has 0 aliphatic carbocycles. The van der Waals surface area contributed by atoms with E-state index < -0.39 is 15.8 Å². The largest absolute Gasteiger partial charge is 0.476 e. The highest BCUT2D eigenvalue weighted by atomic mass is 32.2. The van der Waals surface area contributed by atoms with E-state index >= 15 is 0 Å². The van der Waals surface area contributed by atoms with Crippen LogP contribution in [-0.4, -0.2) is 66.0 Å². The van der Waals surface area contributed by atoms with E-state index in [9.17, 15) is 18.0 Å². The molecule has 128 valence electrons. The number of aromatic carboxylic acids is 1. The number of carbonyl (C=O) groups is 2. The van der Waals surface area contributed by atoms with Crippen LogP contribution in [0.15, 0.2) is 5.38 Å². The van der Waals surface area contributed by atoms with Gasteiger partial charge in [-0.15, -0.1) is 11.3 Å². The van der Waals surface area contributed by atoms with Gasteiger partial charge in [0.2, 0.25) is 0 Å². The zero-order valence-electron chi connectivity index (χ0n) is 12.7. The predicted octanol–water partition coefficient (Wildman–Crippen LogP) is 0.602. The summed E-state index contributed by atoms with van der Waals surface area (Å²) in [6.07, 6.45) is 0.905. The zero-order valence-corrected chi connectivity index (χ0v) is 14.3. The Morgan fingerprint density at radius 3 is 2.78 bits per heavy atom. The van der Waals surface area contributed by atoms with Gasteiger partial charge in [-0.2, -0.15) is 0 Å². The topological polar surface area (TPSA) is 117 Å². The molecule has 0 saturated carbocycles. The standard InChI is InChI=1S/C13H19N3O5S2/c1-2-16(9-4-6-23(20,21)8-9)13(19)14-5-3-11-15-10(7-22-11)12(17)18/h7,9H,2-6,8H2,1H3,(H,14,19)(H,17,18)/t9-/m1/s1. The molecule has 1 aromatic rings. The van der Waals surface area contributed by atoms with Gasteiger partial charge in [0.1, 0.15) is 0 Å². The van der Waals surface area contributed by atoms with Crippen molar-refractivity contribution < 1.29 is 23.1 Å². The second-order valence-corrected chi connectivity index (χ2v) is 8.43. The average molecular weight is 361 g/mol. The summed E-state index contributed by atoms with van der Waals surface area (Å²) < 4.78 is 23.1. The number of hydrogen-bond acceptors (Lipinski definition) is 6. The first kappa shape index (κ1) is 17.7. The highest BCUT2D eigenvalue weighted by molar-refractivity contribution is 7.91. The molecule has 1 aliphatic heterocycles. The van der Waals surface area contributed by atoms with Gasteiger partial charge in [0.05, 0.1) is 16.5 Å². The molecule has 2 amide bonds. The molecular formula is C13H19N3O5S2. The molecule has 1 fully saturated rings. The van der Waals surface area contributed by atoms with Gasteiger partial charge in [0.25, 0.3) is 0 Å². The summed E-state index contributed by atoms with van der Waals surface area (Å²) >= 11 is 1.23. The van der Waals surface area contributed by atoms with Crippen LogP contribution in [0, 0.1) is 0 Å². The molecule has 2 N–H and O–H groups in total. The van der Waals surface area contributed by atoms with Gasteiger partial charge >= 0.3 is 12.0 Å². The fourth-order valence-corrected chi connectivity index (χ4v) is 4.99. The molecule has 23 heavy (non-hydrogen) atoms. The highest BCUT2D eigenvalue weighted by Gasteiger charge is 2.33. The first-order valence-electron chi connectivity index (χ1n) is 7.25. The van der Waals surface area contributed by atoms with Gasteiger partial charge in [0.15, 0.2) is 15.5 Å². The van der Waals surface area contributed by atoms with Crippen molar-refractivity contribution in [2.45, 2.75) is 25.8 Å². The number of hydrogen-bond donors (Lipinski definition) is 2. The van der Waals surface area contributed by atoms with Crippen molar-refractivity contribution in [2.75, 3.05) is 24.6 Å². The molecule has 0 aromatic carbocycles. The van der Waals surface area contributed by atoms with Gasteiger partial charge in [-0.05, 0) is 13.3 Å². The van der Waals surface area contributed by atoms with Crippen molar-refractivity contribution in [3.8, 4) is 0 Å². The maximum absolute atomic E-state index is 12.2. The van der Waals surface area contributed by atoms with Crippen LogP contribution in [0.5, 0.6) is 0 Å². The Labute approximate surface area is 138 Å². The van der Waals surface area contributed by atoms with Gasteiger partial charge in [-0.1, -0.05) is 0 Å². The number of rotatable bonds is 6. The Hall–Kier alpha value is -1.68. The van der Waals surface area contributed by atoms with Crippen molar-refractivity contribution in [3.05, 3.63) is 16.1 Å². The van der Waals surface area contributed by atoms with E-state index in [1.165, 1.54) is 21.6 Å². The van der Waals surface area contributed by atoms with Crippen LogP contribution in [0.3, 0.4) is 0 Å². The minimum atomic E-state index is -3.04. The quantitative estimate of drug-likeness (QED) is 0.766. The minimum Gasteiger partial charge on any atom is -0.476 e. The summed E-state index contributed by atoms with van der Waals surface area (Å²) in [4.78, 5) is 28.4. The molecule has 0 unspecified atom stereocenters. The molecule has 0 radical (unpaired) electrons. The molecule has 10 heteroatoms. The number of carbonyl (C=O) groups excluding carboxylic acids is 1. The molecule has 1 aliphatic rings. The van der Waals surface area contributed by atoms with Crippen LogP contribution in [0.25, 0.3) is 0 Å². The zero-order chi connectivity index (χ0) is 17.0. The fraction of sp³-hybridized carbons (Fsp3) is 0.615. The van der Waals surface area contributed by atoms with Crippen LogP contribution in [-0.2, 0) is 16.3 Å². The molecule has 1 atom stereocenters. The van der Waals surface area contributed by atoms with E-state index in [1.807, 2.05) is 6.92 Å². The first-order chi connectivity index (χ1) is 10.8. The smallest absolute Gasteiger partial charge is 0.355 e. The number of sulfone groups is 1. The molecule has 1 saturated heterocycles. The third-order valence-corrected chi connectivity index (χ3v) is 6.30. The SMILES string of the molecule is CCN(C(=O)NCCc1nc(C(=O)O)cs1)[C@@H]1CCS(=O)(=O)C1. The minimum absolute atomic E-state index is 0.00248. The maximum atomic E-state index is 12.2. The maximum Gasteiger partial charge on any atom is 0.355 e. The summed E-state index contributed by atoms with van der Waals surface area (Å²) in [6, 6.07) is -0.576. The molecule has 0 spiro atoms. The number of amides is 2. The number of carboxylic acid groups (broad SMARTS) is 1. The van der Waals surface area contributed by atoms with Crippen LogP contribution in [0.2, 0.25) is 0 Å². The lowest BCUT2D eigenvalue weighted by atomic mass is 10.2. The van der Waals surface area contributed by atoms with Crippen molar-refractivity contribution in [1.29, 1.82) is 0 Å². The summed E-state index contributed by atoms with van der Waals surface area (Å²) in [5.74, 6) is -0.933. The Bertz CT molecular complexity index is 686.